The molecule has 1 atom stereocenters. The molecule has 1 fully saturated rings. The predicted octanol–water partition coefficient (Wildman–Crippen LogP) is 0.0662. The van der Waals surface area contributed by atoms with Gasteiger partial charge in [0.15, 0.2) is 0 Å². The summed E-state index contributed by atoms with van der Waals surface area (Å²) in [5, 5.41) is 18.0. The fourth-order valence-electron chi connectivity index (χ4n) is 0.499. The Morgan fingerprint density at radius 3 is 1.64 bits per heavy atom. The van der Waals surface area contributed by atoms with Crippen molar-refractivity contribution in [1.29, 1.82) is 0 Å². The highest BCUT2D eigenvalue weighted by molar-refractivity contribution is 5.74. The minimum absolute atomic E-state index is 0.250. The summed E-state index contributed by atoms with van der Waals surface area (Å²) in [5.41, 5.74) is 0. The Kier molecular flexibility index (Phi) is 4.35. The van der Waals surface area contributed by atoms with E-state index in [0.717, 1.165) is 13.0 Å². The lowest BCUT2D eigenvalue weighted by Crippen LogP contribution is -2.48. The van der Waals surface area contributed by atoms with E-state index in [1.807, 2.05) is 0 Å². The molecular weight excluding hydrogens is 207 g/mol. The maximum Gasteiger partial charge on any atom is 0.490 e. The molecule has 8 heteroatoms. The molecular formula is C6H8F3NO4. The molecule has 0 aliphatic carbocycles. The van der Waals surface area contributed by atoms with Crippen LogP contribution in [0.25, 0.3) is 0 Å². The van der Waals surface area contributed by atoms with E-state index in [9.17, 15) is 18.0 Å². The van der Waals surface area contributed by atoms with Gasteiger partial charge in [0.2, 0.25) is 0 Å². The van der Waals surface area contributed by atoms with Crippen LogP contribution in [0.2, 0.25) is 0 Å². The van der Waals surface area contributed by atoms with Crippen molar-refractivity contribution in [2.45, 2.75) is 18.6 Å². The third-order valence-corrected chi connectivity index (χ3v) is 1.36. The monoisotopic (exact) mass is 215 g/mol. The molecule has 14 heavy (non-hydrogen) atoms. The van der Waals surface area contributed by atoms with Crippen LogP contribution in [0.4, 0.5) is 13.2 Å². The van der Waals surface area contributed by atoms with Crippen molar-refractivity contribution in [2.24, 2.45) is 0 Å². The van der Waals surface area contributed by atoms with Gasteiger partial charge in [0.25, 0.3) is 0 Å². The largest absolute Gasteiger partial charge is 0.490 e. The molecule has 0 spiro atoms. The lowest BCUT2D eigenvalue weighted by atomic mass is 10.1. The minimum Gasteiger partial charge on any atom is -0.480 e. The molecule has 1 saturated heterocycles. The number of aliphatic carboxylic acids is 2. The predicted molar refractivity (Wildman–Crippen MR) is 37.7 cm³/mol. The standard InChI is InChI=1S/C4H7NO2.C2HF3O2/c6-4(7)3-1-2-5-3;3-2(4,5)1(6)7/h3,5H,1-2H2,(H,6,7);(H,6,7). The summed E-state index contributed by atoms with van der Waals surface area (Å²) < 4.78 is 31.7. The Hall–Kier alpha value is -1.31. The van der Waals surface area contributed by atoms with E-state index < -0.39 is 18.1 Å². The lowest BCUT2D eigenvalue weighted by molar-refractivity contribution is -0.192. The van der Waals surface area contributed by atoms with E-state index in [-0.39, 0.29) is 6.04 Å². The highest BCUT2D eigenvalue weighted by Gasteiger charge is 2.38. The second kappa shape index (κ2) is 4.80. The number of hydrogen-bond acceptors (Lipinski definition) is 3. The van der Waals surface area contributed by atoms with Crippen molar-refractivity contribution < 1.29 is 33.0 Å². The smallest absolute Gasteiger partial charge is 0.480 e. The van der Waals surface area contributed by atoms with Gasteiger partial charge in [-0.25, -0.2) is 4.79 Å². The van der Waals surface area contributed by atoms with Crippen LogP contribution in [-0.4, -0.2) is 40.9 Å². The van der Waals surface area contributed by atoms with Crippen LogP contribution in [0.15, 0.2) is 0 Å². The fourth-order valence-corrected chi connectivity index (χ4v) is 0.499. The number of hydrogen-bond donors (Lipinski definition) is 3. The molecule has 3 N–H and O–H groups in total. The molecule has 82 valence electrons. The van der Waals surface area contributed by atoms with Crippen LogP contribution in [0.5, 0.6) is 0 Å². The number of carbonyl (C=O) groups is 2. The maximum atomic E-state index is 10.6. The summed E-state index contributed by atoms with van der Waals surface area (Å²) in [6.45, 7) is 0.858. The molecule has 0 bridgehead atoms. The zero-order valence-corrected chi connectivity index (χ0v) is 6.84. The zero-order valence-electron chi connectivity index (χ0n) is 6.84. The van der Waals surface area contributed by atoms with E-state index in [0.29, 0.717) is 0 Å². The molecule has 0 amide bonds. The van der Waals surface area contributed by atoms with Gasteiger partial charge in [0.1, 0.15) is 6.04 Å². The molecule has 1 unspecified atom stereocenters. The van der Waals surface area contributed by atoms with Crippen molar-refractivity contribution in [1.82, 2.24) is 5.32 Å². The minimum atomic E-state index is -5.08. The van der Waals surface area contributed by atoms with Crippen LogP contribution in [0, 0.1) is 0 Å². The molecule has 1 rings (SSSR count). The Morgan fingerprint density at radius 1 is 1.29 bits per heavy atom. The number of alkyl halides is 3. The molecule has 1 heterocycles. The fraction of sp³-hybridized carbons (Fsp3) is 0.667. The van der Waals surface area contributed by atoms with E-state index in [2.05, 4.69) is 5.32 Å². The number of carboxylic acids is 2. The van der Waals surface area contributed by atoms with Crippen molar-refractivity contribution >= 4 is 11.9 Å². The van der Waals surface area contributed by atoms with Crippen LogP contribution < -0.4 is 5.32 Å². The highest BCUT2D eigenvalue weighted by Crippen LogP contribution is 2.13. The molecule has 5 nitrogen and oxygen atoms in total. The van der Waals surface area contributed by atoms with E-state index >= 15 is 0 Å². The van der Waals surface area contributed by atoms with Crippen molar-refractivity contribution in [3.63, 3.8) is 0 Å². The van der Waals surface area contributed by atoms with Crippen molar-refractivity contribution in [2.75, 3.05) is 6.54 Å². The summed E-state index contributed by atoms with van der Waals surface area (Å²) in [4.78, 5) is 18.8. The summed E-state index contributed by atoms with van der Waals surface area (Å²) in [5.74, 6) is -3.49. The average Bonchev–Trinajstić information content (AvgIpc) is 1.79. The van der Waals surface area contributed by atoms with Gasteiger partial charge in [0, 0.05) is 0 Å². The van der Waals surface area contributed by atoms with Gasteiger partial charge in [-0.05, 0) is 13.0 Å². The molecule has 1 aliphatic rings. The number of nitrogens with one attached hydrogen (secondary N) is 1. The summed E-state index contributed by atoms with van der Waals surface area (Å²) in [6.07, 6.45) is -4.30. The number of rotatable bonds is 1. The highest BCUT2D eigenvalue weighted by atomic mass is 19.4. The van der Waals surface area contributed by atoms with E-state index in [1.165, 1.54) is 0 Å². The lowest BCUT2D eigenvalue weighted by Gasteiger charge is -2.22. The molecule has 0 aromatic carbocycles. The van der Waals surface area contributed by atoms with Gasteiger partial charge in [-0.1, -0.05) is 0 Å². The molecule has 1 aliphatic heterocycles. The third kappa shape index (κ3) is 4.65. The Labute approximate surface area is 76.5 Å². The van der Waals surface area contributed by atoms with Crippen molar-refractivity contribution in [3.8, 4) is 0 Å². The Bertz CT molecular complexity index is 224. The summed E-state index contributed by atoms with van der Waals surface area (Å²) >= 11 is 0. The zero-order chi connectivity index (χ0) is 11.4. The molecule has 0 aromatic rings. The molecule has 0 radical (unpaired) electrons. The van der Waals surface area contributed by atoms with Gasteiger partial charge in [0.05, 0.1) is 0 Å². The van der Waals surface area contributed by atoms with E-state index in [1.54, 1.807) is 0 Å². The number of carboxylic acid groups (broad SMARTS) is 2. The quantitative estimate of drug-likeness (QED) is 0.576. The summed E-state index contributed by atoms with van der Waals surface area (Å²) in [6, 6.07) is -0.250. The van der Waals surface area contributed by atoms with Crippen LogP contribution in [0.1, 0.15) is 6.42 Å². The first kappa shape index (κ1) is 12.7. The van der Waals surface area contributed by atoms with Gasteiger partial charge < -0.3 is 15.5 Å². The van der Waals surface area contributed by atoms with E-state index in [4.69, 9.17) is 15.0 Å². The topological polar surface area (TPSA) is 86.6 Å². The third-order valence-electron chi connectivity index (χ3n) is 1.36. The summed E-state index contributed by atoms with van der Waals surface area (Å²) in [7, 11) is 0. The van der Waals surface area contributed by atoms with Crippen molar-refractivity contribution in [3.05, 3.63) is 0 Å². The Balaban J connectivity index is 0.000000241. The normalized spacial score (nSPS) is 20.1. The van der Waals surface area contributed by atoms with Gasteiger partial charge in [-0.2, -0.15) is 13.2 Å². The molecule has 0 saturated carbocycles. The van der Waals surface area contributed by atoms with Crippen LogP contribution in [0.3, 0.4) is 0 Å². The average molecular weight is 215 g/mol. The first-order valence-electron chi connectivity index (χ1n) is 3.51. The second-order valence-corrected chi connectivity index (χ2v) is 2.44. The maximum absolute atomic E-state index is 10.6. The molecule has 0 aromatic heterocycles. The van der Waals surface area contributed by atoms with Gasteiger partial charge in [-0.3, -0.25) is 4.79 Å². The van der Waals surface area contributed by atoms with Crippen LogP contribution >= 0.6 is 0 Å². The van der Waals surface area contributed by atoms with Crippen LogP contribution in [-0.2, 0) is 9.59 Å². The number of halogens is 3. The Morgan fingerprint density at radius 2 is 1.64 bits per heavy atom. The van der Waals surface area contributed by atoms with Gasteiger partial charge in [-0.15, -0.1) is 0 Å². The first-order valence-corrected chi connectivity index (χ1v) is 3.51. The first-order chi connectivity index (χ1) is 6.25. The second-order valence-electron chi connectivity index (χ2n) is 2.44. The SMILES string of the molecule is O=C(O)C(F)(F)F.O=C(O)C1CCN1. The van der Waals surface area contributed by atoms with Gasteiger partial charge >= 0.3 is 18.1 Å².